The highest BCUT2D eigenvalue weighted by Gasteiger charge is 2.19. The molecular weight excluding hydrogens is 270 g/mol. The smallest absolute Gasteiger partial charge is 0.294 e. The molecule has 0 bridgehead atoms. The Bertz CT molecular complexity index is 619. The molecule has 1 aromatic carbocycles. The maximum atomic E-state index is 11.6. The molecule has 0 fully saturated rings. The monoisotopic (exact) mass is 281 g/mol. The minimum atomic E-state index is -4.53. The van der Waals surface area contributed by atoms with Crippen LogP contribution < -0.4 is 5.73 Å². The molecular formula is C8H11NO6S2. The van der Waals surface area contributed by atoms with Gasteiger partial charge in [-0.3, -0.25) is 4.55 Å². The van der Waals surface area contributed by atoms with Gasteiger partial charge in [0.1, 0.15) is 0 Å². The third-order valence-electron chi connectivity index (χ3n) is 1.92. The van der Waals surface area contributed by atoms with Gasteiger partial charge in [-0.1, -0.05) is 0 Å². The fourth-order valence-corrected chi connectivity index (χ4v) is 2.89. The second kappa shape index (κ2) is 4.61. The van der Waals surface area contributed by atoms with E-state index in [1.54, 1.807) is 0 Å². The maximum absolute atomic E-state index is 11.6. The third kappa shape index (κ3) is 3.40. The van der Waals surface area contributed by atoms with Gasteiger partial charge < -0.3 is 10.8 Å². The number of hydrogen-bond acceptors (Lipinski definition) is 6. The first-order chi connectivity index (χ1) is 7.66. The number of nitrogens with two attached hydrogens (primary N) is 1. The molecule has 0 aliphatic rings. The summed E-state index contributed by atoms with van der Waals surface area (Å²) in [6.07, 6.45) is 0. The molecule has 4 N–H and O–H groups in total. The van der Waals surface area contributed by atoms with Crippen LogP contribution in [0.1, 0.15) is 0 Å². The van der Waals surface area contributed by atoms with E-state index >= 15 is 0 Å². The van der Waals surface area contributed by atoms with E-state index in [9.17, 15) is 16.8 Å². The summed E-state index contributed by atoms with van der Waals surface area (Å²) in [6.45, 7) is -0.599. The second-order valence-electron chi connectivity index (χ2n) is 3.26. The summed E-state index contributed by atoms with van der Waals surface area (Å²) in [6, 6.07) is 2.78. The zero-order valence-corrected chi connectivity index (χ0v) is 10.2. The van der Waals surface area contributed by atoms with Crippen LogP contribution in [0.25, 0.3) is 0 Å². The van der Waals surface area contributed by atoms with E-state index in [2.05, 4.69) is 0 Å². The first-order valence-electron chi connectivity index (χ1n) is 4.38. The van der Waals surface area contributed by atoms with Crippen LogP contribution in [0.15, 0.2) is 28.0 Å². The lowest BCUT2D eigenvalue weighted by molar-refractivity contribution is 0.319. The first kappa shape index (κ1) is 13.9. The predicted octanol–water partition coefficient (Wildman–Crippen LogP) is -0.718. The standard InChI is InChI=1S/C8H11NO6S2/c9-6-3-7(16(11,12)2-1-10)5-8(4-6)17(13,14)15/h3-5,10H,1-2,9H2,(H,13,14,15). The van der Waals surface area contributed by atoms with E-state index in [0.717, 1.165) is 18.2 Å². The van der Waals surface area contributed by atoms with Gasteiger partial charge in [0.2, 0.25) is 0 Å². The number of aliphatic hydroxyl groups is 1. The Balaban J connectivity index is 3.44. The number of anilines is 1. The average Bonchev–Trinajstić information content (AvgIpc) is 2.15. The fraction of sp³-hybridized carbons (Fsp3) is 0.250. The van der Waals surface area contributed by atoms with Crippen LogP contribution in [0.2, 0.25) is 0 Å². The Labute approximate surface area is 98.5 Å². The number of hydrogen-bond donors (Lipinski definition) is 3. The van der Waals surface area contributed by atoms with Gasteiger partial charge in [0, 0.05) is 5.69 Å². The molecule has 1 aromatic rings. The summed E-state index contributed by atoms with van der Waals surface area (Å²) in [5.41, 5.74) is 5.23. The first-order valence-corrected chi connectivity index (χ1v) is 7.48. The van der Waals surface area contributed by atoms with Crippen LogP contribution in [0.4, 0.5) is 5.69 Å². The van der Waals surface area contributed by atoms with Gasteiger partial charge in [0.15, 0.2) is 9.84 Å². The summed E-state index contributed by atoms with van der Waals surface area (Å²) >= 11 is 0. The molecule has 0 saturated heterocycles. The van der Waals surface area contributed by atoms with Crippen molar-refractivity contribution in [1.29, 1.82) is 0 Å². The van der Waals surface area contributed by atoms with Gasteiger partial charge in [0.25, 0.3) is 10.1 Å². The van der Waals surface area contributed by atoms with Crippen LogP contribution in [0.3, 0.4) is 0 Å². The van der Waals surface area contributed by atoms with E-state index in [4.69, 9.17) is 15.4 Å². The lowest BCUT2D eigenvalue weighted by atomic mass is 10.3. The van der Waals surface area contributed by atoms with Crippen molar-refractivity contribution in [3.8, 4) is 0 Å². The molecule has 0 heterocycles. The van der Waals surface area contributed by atoms with Gasteiger partial charge in [-0.15, -0.1) is 0 Å². The van der Waals surface area contributed by atoms with Crippen LogP contribution >= 0.6 is 0 Å². The summed E-state index contributed by atoms with van der Waals surface area (Å²) in [4.78, 5) is -0.965. The summed E-state index contributed by atoms with van der Waals surface area (Å²) in [5.74, 6) is -0.554. The van der Waals surface area contributed by atoms with E-state index in [1.165, 1.54) is 0 Å². The topological polar surface area (TPSA) is 135 Å². The Morgan fingerprint density at radius 3 is 2.06 bits per heavy atom. The number of aliphatic hydroxyl groups excluding tert-OH is 1. The molecule has 0 spiro atoms. The van der Waals surface area contributed by atoms with Crippen molar-refractivity contribution < 1.29 is 26.5 Å². The molecule has 0 amide bonds. The molecule has 0 aliphatic heterocycles. The number of rotatable bonds is 4. The van der Waals surface area contributed by atoms with Crippen LogP contribution in [-0.4, -0.2) is 38.9 Å². The van der Waals surface area contributed by atoms with Crippen molar-refractivity contribution in [1.82, 2.24) is 0 Å². The molecule has 7 nitrogen and oxygen atoms in total. The van der Waals surface area contributed by atoms with Gasteiger partial charge >= 0.3 is 0 Å². The second-order valence-corrected chi connectivity index (χ2v) is 6.79. The Kier molecular flexibility index (Phi) is 3.77. The van der Waals surface area contributed by atoms with Gasteiger partial charge in [-0.2, -0.15) is 8.42 Å². The van der Waals surface area contributed by atoms with Crippen LogP contribution in [0.5, 0.6) is 0 Å². The minimum absolute atomic E-state index is 0.114. The molecule has 96 valence electrons. The third-order valence-corrected chi connectivity index (χ3v) is 4.42. The molecule has 0 aliphatic carbocycles. The number of nitrogen functional groups attached to an aromatic ring is 1. The molecule has 17 heavy (non-hydrogen) atoms. The molecule has 9 heteroatoms. The average molecular weight is 281 g/mol. The van der Waals surface area contributed by atoms with Crippen molar-refractivity contribution in [3.05, 3.63) is 18.2 Å². The number of sulfone groups is 1. The summed E-state index contributed by atoms with van der Waals surface area (Å²) in [7, 11) is -8.35. The Hall–Kier alpha value is -1.16. The molecule has 1 rings (SSSR count). The highest BCUT2D eigenvalue weighted by atomic mass is 32.2. The van der Waals surface area contributed by atoms with E-state index < -0.39 is 37.2 Å². The highest BCUT2D eigenvalue weighted by Crippen LogP contribution is 2.21. The number of benzene rings is 1. The molecule has 0 saturated carbocycles. The minimum Gasteiger partial charge on any atom is -0.399 e. The Morgan fingerprint density at radius 1 is 1.06 bits per heavy atom. The van der Waals surface area contributed by atoms with Gasteiger partial charge in [-0.25, -0.2) is 8.42 Å². The molecule has 0 aromatic heterocycles. The molecule has 0 unspecified atom stereocenters. The van der Waals surface area contributed by atoms with Crippen molar-refractivity contribution >= 4 is 25.6 Å². The van der Waals surface area contributed by atoms with E-state index in [1.807, 2.05) is 0 Å². The van der Waals surface area contributed by atoms with Gasteiger partial charge in [0.05, 0.1) is 22.2 Å². The van der Waals surface area contributed by atoms with E-state index in [-0.39, 0.29) is 10.6 Å². The van der Waals surface area contributed by atoms with Crippen molar-refractivity contribution in [2.45, 2.75) is 9.79 Å². The normalized spacial score (nSPS) is 12.6. The zero-order chi connectivity index (χ0) is 13.3. The molecule has 0 atom stereocenters. The predicted molar refractivity (Wildman–Crippen MR) is 59.8 cm³/mol. The lowest BCUT2D eigenvalue weighted by Crippen LogP contribution is -2.11. The Morgan fingerprint density at radius 2 is 1.59 bits per heavy atom. The maximum Gasteiger partial charge on any atom is 0.294 e. The molecule has 0 radical (unpaired) electrons. The van der Waals surface area contributed by atoms with E-state index in [0.29, 0.717) is 0 Å². The quantitative estimate of drug-likeness (QED) is 0.489. The zero-order valence-electron chi connectivity index (χ0n) is 8.57. The summed E-state index contributed by atoms with van der Waals surface area (Å²) in [5, 5.41) is 8.58. The largest absolute Gasteiger partial charge is 0.399 e. The van der Waals surface area contributed by atoms with Crippen molar-refractivity contribution in [2.24, 2.45) is 0 Å². The lowest BCUT2D eigenvalue weighted by Gasteiger charge is -2.06. The van der Waals surface area contributed by atoms with Crippen LogP contribution in [-0.2, 0) is 20.0 Å². The summed E-state index contributed by atoms with van der Waals surface area (Å²) < 4.78 is 53.7. The van der Waals surface area contributed by atoms with Crippen LogP contribution in [0, 0.1) is 0 Å². The highest BCUT2D eigenvalue weighted by molar-refractivity contribution is 7.91. The SMILES string of the molecule is Nc1cc(S(=O)(=O)O)cc(S(=O)(=O)CCO)c1. The fourth-order valence-electron chi connectivity index (χ4n) is 1.16. The van der Waals surface area contributed by atoms with Crippen molar-refractivity contribution in [2.75, 3.05) is 18.1 Å². The van der Waals surface area contributed by atoms with Gasteiger partial charge in [-0.05, 0) is 18.2 Å². The van der Waals surface area contributed by atoms with Crippen molar-refractivity contribution in [3.63, 3.8) is 0 Å².